The number of nitrogens with zero attached hydrogens (tertiary/aromatic N) is 2. The van der Waals surface area contributed by atoms with Crippen molar-refractivity contribution in [3.63, 3.8) is 0 Å². The quantitative estimate of drug-likeness (QED) is 0.390. The largest absolute Gasteiger partial charge is 0.468 e. The van der Waals surface area contributed by atoms with Gasteiger partial charge in [-0.25, -0.2) is 8.42 Å². The van der Waals surface area contributed by atoms with Crippen molar-refractivity contribution in [3.05, 3.63) is 64.3 Å². The van der Waals surface area contributed by atoms with Gasteiger partial charge in [-0.1, -0.05) is 6.92 Å². The standard InChI is InChI=1S/C26H34N4O6S/c1-3-19(2)28-26(32)23-17-27-24-8-7-21(16-22(24)25(23)31)37(33,34)30(18-20-6-4-13-36-20)10-5-9-29-11-14-35-15-12-29/h4,6-8,13,16-17,19H,3,5,9-12,14-15,18H2,1-2H3,(H,27,31)(H,28,32). The Hall–Kier alpha value is -2.99. The summed E-state index contributed by atoms with van der Waals surface area (Å²) in [5, 5.41) is 2.92. The number of hydrogen-bond acceptors (Lipinski definition) is 7. The Labute approximate surface area is 216 Å². The first-order valence-electron chi connectivity index (χ1n) is 12.6. The third-order valence-corrected chi connectivity index (χ3v) is 8.46. The van der Waals surface area contributed by atoms with Crippen LogP contribution in [0.1, 0.15) is 42.8 Å². The first kappa shape index (κ1) is 27.1. The van der Waals surface area contributed by atoms with Gasteiger partial charge >= 0.3 is 0 Å². The molecule has 1 aromatic carbocycles. The van der Waals surface area contributed by atoms with Gasteiger partial charge in [-0.2, -0.15) is 4.31 Å². The molecule has 1 unspecified atom stereocenters. The van der Waals surface area contributed by atoms with E-state index in [1.807, 2.05) is 13.8 Å². The molecule has 3 heterocycles. The summed E-state index contributed by atoms with van der Waals surface area (Å²) in [7, 11) is -3.97. The minimum absolute atomic E-state index is 0.0112. The third-order valence-electron chi connectivity index (χ3n) is 6.62. The molecule has 1 saturated heterocycles. The van der Waals surface area contributed by atoms with E-state index in [0.29, 0.717) is 30.9 Å². The highest BCUT2D eigenvalue weighted by Gasteiger charge is 2.27. The van der Waals surface area contributed by atoms with Crippen LogP contribution in [0, 0.1) is 0 Å². The van der Waals surface area contributed by atoms with Gasteiger partial charge in [-0.3, -0.25) is 14.5 Å². The second kappa shape index (κ2) is 12.0. The molecule has 0 saturated carbocycles. The fourth-order valence-corrected chi connectivity index (χ4v) is 5.71. The average molecular weight is 531 g/mol. The minimum Gasteiger partial charge on any atom is -0.468 e. The van der Waals surface area contributed by atoms with Crippen molar-refractivity contribution in [3.8, 4) is 0 Å². The topological polar surface area (TPSA) is 125 Å². The molecule has 0 bridgehead atoms. The van der Waals surface area contributed by atoms with Gasteiger partial charge in [-0.05, 0) is 56.6 Å². The molecule has 0 radical (unpaired) electrons. The zero-order valence-corrected chi connectivity index (χ0v) is 22.1. The molecule has 1 aliphatic heterocycles. The summed E-state index contributed by atoms with van der Waals surface area (Å²) in [6.07, 6.45) is 4.23. The predicted molar refractivity (Wildman–Crippen MR) is 140 cm³/mol. The average Bonchev–Trinajstić information content (AvgIpc) is 3.42. The van der Waals surface area contributed by atoms with Crippen LogP contribution in [0.25, 0.3) is 10.9 Å². The highest BCUT2D eigenvalue weighted by molar-refractivity contribution is 7.89. The molecule has 10 nitrogen and oxygen atoms in total. The van der Waals surface area contributed by atoms with Gasteiger partial charge in [0.2, 0.25) is 15.5 Å². The molecular formula is C26H34N4O6S. The van der Waals surface area contributed by atoms with Crippen LogP contribution >= 0.6 is 0 Å². The fourth-order valence-electron chi connectivity index (χ4n) is 4.24. The predicted octanol–water partition coefficient (Wildman–Crippen LogP) is 2.56. The van der Waals surface area contributed by atoms with E-state index < -0.39 is 21.4 Å². The van der Waals surface area contributed by atoms with Gasteiger partial charge in [0.1, 0.15) is 11.3 Å². The Kier molecular flexibility index (Phi) is 8.80. The molecule has 0 spiro atoms. The number of amides is 1. The first-order valence-corrected chi connectivity index (χ1v) is 14.0. The second-order valence-electron chi connectivity index (χ2n) is 9.25. The number of furan rings is 1. The number of carbonyl (C=O) groups excluding carboxylic acids is 1. The number of aromatic nitrogens is 1. The summed E-state index contributed by atoms with van der Waals surface area (Å²) in [5.41, 5.74) is -0.120. The van der Waals surface area contributed by atoms with Crippen LogP contribution in [-0.2, 0) is 21.3 Å². The fraction of sp³-hybridized carbons (Fsp3) is 0.462. The number of sulfonamides is 1. The van der Waals surface area contributed by atoms with E-state index in [4.69, 9.17) is 9.15 Å². The van der Waals surface area contributed by atoms with Crippen LogP contribution in [0.3, 0.4) is 0 Å². The van der Waals surface area contributed by atoms with E-state index in [9.17, 15) is 18.0 Å². The van der Waals surface area contributed by atoms with Gasteiger partial charge in [0.05, 0.1) is 30.9 Å². The zero-order chi connectivity index (χ0) is 26.4. The maximum absolute atomic E-state index is 13.8. The Balaban J connectivity index is 1.61. The number of benzene rings is 1. The summed E-state index contributed by atoms with van der Waals surface area (Å²) in [5.74, 6) is 0.0332. The van der Waals surface area contributed by atoms with Crippen LogP contribution in [-0.4, -0.2) is 73.9 Å². The van der Waals surface area contributed by atoms with Gasteiger partial charge in [0.25, 0.3) is 5.91 Å². The van der Waals surface area contributed by atoms with Gasteiger partial charge in [-0.15, -0.1) is 0 Å². The third kappa shape index (κ3) is 6.48. The maximum Gasteiger partial charge on any atom is 0.256 e. The van der Waals surface area contributed by atoms with Crippen molar-refractivity contribution >= 4 is 26.8 Å². The number of rotatable bonds is 11. The van der Waals surface area contributed by atoms with Crippen LogP contribution in [0.2, 0.25) is 0 Å². The van der Waals surface area contributed by atoms with E-state index in [2.05, 4.69) is 15.2 Å². The molecule has 0 aliphatic carbocycles. The number of aromatic amines is 1. The van der Waals surface area contributed by atoms with Crippen LogP contribution in [0.4, 0.5) is 0 Å². The second-order valence-corrected chi connectivity index (χ2v) is 11.2. The van der Waals surface area contributed by atoms with E-state index in [-0.39, 0.29) is 35.0 Å². The first-order chi connectivity index (χ1) is 17.8. The van der Waals surface area contributed by atoms with Crippen molar-refractivity contribution in [2.45, 2.75) is 44.2 Å². The Morgan fingerprint density at radius 2 is 2.03 bits per heavy atom. The van der Waals surface area contributed by atoms with Crippen molar-refractivity contribution < 1.29 is 22.4 Å². The van der Waals surface area contributed by atoms with Gasteiger partial charge in [0.15, 0.2) is 0 Å². The van der Waals surface area contributed by atoms with Crippen molar-refractivity contribution in [2.24, 2.45) is 0 Å². The Bertz CT molecular complexity index is 1360. The zero-order valence-electron chi connectivity index (χ0n) is 21.2. The lowest BCUT2D eigenvalue weighted by Crippen LogP contribution is -2.39. The maximum atomic E-state index is 13.8. The number of carbonyl (C=O) groups is 1. The number of pyridine rings is 1. The van der Waals surface area contributed by atoms with Gasteiger partial charge < -0.3 is 19.5 Å². The van der Waals surface area contributed by atoms with E-state index in [1.165, 1.54) is 28.9 Å². The van der Waals surface area contributed by atoms with Crippen molar-refractivity contribution in [1.82, 2.24) is 19.5 Å². The van der Waals surface area contributed by atoms with Crippen molar-refractivity contribution in [2.75, 3.05) is 39.4 Å². The molecule has 1 fully saturated rings. The molecule has 4 rings (SSSR count). The molecule has 11 heteroatoms. The van der Waals surface area contributed by atoms with E-state index in [0.717, 1.165) is 26.1 Å². The normalized spacial score (nSPS) is 15.8. The summed E-state index contributed by atoms with van der Waals surface area (Å²) in [4.78, 5) is 31.0. The molecule has 200 valence electrons. The van der Waals surface area contributed by atoms with E-state index >= 15 is 0 Å². The molecule has 1 amide bonds. The molecular weight excluding hydrogens is 496 g/mol. The lowest BCUT2D eigenvalue weighted by atomic mass is 10.1. The number of ether oxygens (including phenoxy) is 1. The number of nitrogens with one attached hydrogen (secondary N) is 2. The smallest absolute Gasteiger partial charge is 0.256 e. The minimum atomic E-state index is -3.97. The number of morpholine rings is 1. The number of fused-ring (bicyclic) bond motifs is 1. The van der Waals surface area contributed by atoms with E-state index in [1.54, 1.807) is 18.2 Å². The summed E-state index contributed by atoms with van der Waals surface area (Å²) in [6.45, 7) is 7.90. The number of hydrogen-bond donors (Lipinski definition) is 2. The summed E-state index contributed by atoms with van der Waals surface area (Å²) < 4.78 is 39.7. The van der Waals surface area contributed by atoms with Gasteiger partial charge in [0, 0.05) is 42.8 Å². The lowest BCUT2D eigenvalue weighted by molar-refractivity contribution is 0.0368. The summed E-state index contributed by atoms with van der Waals surface area (Å²) in [6, 6.07) is 7.73. The van der Waals surface area contributed by atoms with Crippen LogP contribution < -0.4 is 10.7 Å². The van der Waals surface area contributed by atoms with Crippen LogP contribution in [0.5, 0.6) is 0 Å². The molecule has 2 N–H and O–H groups in total. The summed E-state index contributed by atoms with van der Waals surface area (Å²) >= 11 is 0. The van der Waals surface area contributed by atoms with Crippen LogP contribution in [0.15, 0.2) is 56.9 Å². The number of H-pyrrole nitrogens is 1. The highest BCUT2D eigenvalue weighted by Crippen LogP contribution is 2.22. The molecule has 37 heavy (non-hydrogen) atoms. The Morgan fingerprint density at radius 3 is 2.73 bits per heavy atom. The molecule has 1 aliphatic rings. The molecule has 1 atom stereocenters. The highest BCUT2D eigenvalue weighted by atomic mass is 32.2. The SMILES string of the molecule is CCC(C)NC(=O)c1c[nH]c2ccc(S(=O)(=O)N(CCCN3CCOCC3)Cc3ccco3)cc2c1=O. The van der Waals surface area contributed by atoms with Crippen molar-refractivity contribution in [1.29, 1.82) is 0 Å². The molecule has 3 aromatic rings. The Morgan fingerprint density at radius 1 is 1.24 bits per heavy atom. The monoisotopic (exact) mass is 530 g/mol. The lowest BCUT2D eigenvalue weighted by Gasteiger charge is -2.28. The molecule has 2 aromatic heterocycles.